The number of hydrogen-bond acceptors (Lipinski definition) is 4. The molecule has 1 aromatic heterocycles. The highest BCUT2D eigenvalue weighted by molar-refractivity contribution is 5.93. The first-order valence-corrected chi connectivity index (χ1v) is 6.87. The number of azo groups is 1. The summed E-state index contributed by atoms with van der Waals surface area (Å²) < 4.78 is 3.23. The van der Waals surface area contributed by atoms with E-state index >= 15 is 0 Å². The molecule has 0 unspecified atom stereocenters. The summed E-state index contributed by atoms with van der Waals surface area (Å²) >= 11 is 0. The van der Waals surface area contributed by atoms with Crippen LogP contribution in [0.5, 0.6) is 0 Å². The Morgan fingerprint density at radius 1 is 1.24 bits per heavy atom. The maximum absolute atomic E-state index is 12.2. The largest absolute Gasteiger partial charge is 0.382 e. The molecular weight excluding hydrogens is 268 g/mol. The van der Waals surface area contributed by atoms with Crippen LogP contribution in [0.1, 0.15) is 20.8 Å². The number of aliphatic imine (C=N–C) groups is 1. The van der Waals surface area contributed by atoms with Gasteiger partial charge in [0.1, 0.15) is 0 Å². The Kier molecular flexibility index (Phi) is 6.32. The third kappa shape index (κ3) is 3.77. The number of nitrogens with two attached hydrogens (primary N) is 1. The molecule has 1 aromatic rings. The van der Waals surface area contributed by atoms with Crippen LogP contribution in [0.2, 0.25) is 0 Å². The fourth-order valence-electron chi connectivity index (χ4n) is 1.85. The van der Waals surface area contributed by atoms with E-state index < -0.39 is 0 Å². The van der Waals surface area contributed by atoms with E-state index in [1.807, 2.05) is 32.9 Å². The molecule has 0 bridgehead atoms. The van der Waals surface area contributed by atoms with Crippen molar-refractivity contribution in [3.05, 3.63) is 34.7 Å². The molecule has 0 fully saturated rings. The van der Waals surface area contributed by atoms with E-state index in [2.05, 4.69) is 15.2 Å². The maximum Gasteiger partial charge on any atom is 0.296 e. The van der Waals surface area contributed by atoms with Gasteiger partial charge in [-0.25, -0.2) is 4.68 Å². The topological polar surface area (TPSA) is 90.0 Å². The first kappa shape index (κ1) is 16.6. The molecule has 0 amide bonds. The number of rotatable bonds is 5. The molecule has 1 rings (SSSR count). The number of anilines is 1. The molecule has 21 heavy (non-hydrogen) atoms. The van der Waals surface area contributed by atoms with Gasteiger partial charge in [-0.1, -0.05) is 18.2 Å². The molecular formula is C14H22N6O. The maximum atomic E-state index is 12.2. The van der Waals surface area contributed by atoms with E-state index in [0.29, 0.717) is 24.7 Å². The summed E-state index contributed by atoms with van der Waals surface area (Å²) in [6.07, 6.45) is 7.24. The average Bonchev–Trinajstić information content (AvgIpc) is 2.73. The minimum Gasteiger partial charge on any atom is -0.382 e. The monoisotopic (exact) mass is 290 g/mol. The van der Waals surface area contributed by atoms with Crippen LogP contribution >= 0.6 is 0 Å². The number of nitrogens with zero attached hydrogens (tertiary/aromatic N) is 5. The normalized spacial score (nSPS) is 13.2. The van der Waals surface area contributed by atoms with Crippen molar-refractivity contribution in [3.8, 4) is 0 Å². The highest BCUT2D eigenvalue weighted by Gasteiger charge is 2.15. The van der Waals surface area contributed by atoms with Crippen molar-refractivity contribution in [2.24, 2.45) is 15.2 Å². The van der Waals surface area contributed by atoms with Gasteiger partial charge in [-0.15, -0.1) is 10.2 Å². The summed E-state index contributed by atoms with van der Waals surface area (Å²) in [7, 11) is 1.61. The predicted octanol–water partition coefficient (Wildman–Crippen LogP) is 2.52. The SMILES string of the molecule is C/C=C\C=C/C(N=Nc1c(N)n(CC)n(CC)c1=O)=NC. The van der Waals surface area contributed by atoms with Gasteiger partial charge in [0.05, 0.1) is 0 Å². The van der Waals surface area contributed by atoms with E-state index in [1.165, 1.54) is 0 Å². The van der Waals surface area contributed by atoms with Crippen LogP contribution in [0.3, 0.4) is 0 Å². The van der Waals surface area contributed by atoms with Crippen molar-refractivity contribution in [2.45, 2.75) is 33.9 Å². The van der Waals surface area contributed by atoms with Gasteiger partial charge in [-0.3, -0.25) is 14.5 Å². The smallest absolute Gasteiger partial charge is 0.296 e. The van der Waals surface area contributed by atoms with Crippen molar-refractivity contribution in [1.82, 2.24) is 9.36 Å². The van der Waals surface area contributed by atoms with Crippen LogP contribution in [0.25, 0.3) is 0 Å². The minimum atomic E-state index is -0.242. The second kappa shape index (κ2) is 7.98. The minimum absolute atomic E-state index is 0.152. The lowest BCUT2D eigenvalue weighted by Crippen LogP contribution is -2.21. The van der Waals surface area contributed by atoms with E-state index in [0.717, 1.165) is 0 Å². The number of amidine groups is 1. The summed E-state index contributed by atoms with van der Waals surface area (Å²) in [5.41, 5.74) is 5.87. The Hall–Kier alpha value is -2.44. The highest BCUT2D eigenvalue weighted by Crippen LogP contribution is 2.18. The van der Waals surface area contributed by atoms with Gasteiger partial charge in [-0.2, -0.15) is 0 Å². The summed E-state index contributed by atoms with van der Waals surface area (Å²) in [5.74, 6) is 0.736. The quantitative estimate of drug-likeness (QED) is 0.391. The van der Waals surface area contributed by atoms with Crippen molar-refractivity contribution in [2.75, 3.05) is 12.8 Å². The van der Waals surface area contributed by atoms with Crippen molar-refractivity contribution in [3.63, 3.8) is 0 Å². The second-order valence-electron chi connectivity index (χ2n) is 4.14. The average molecular weight is 290 g/mol. The first-order chi connectivity index (χ1) is 10.1. The Morgan fingerprint density at radius 2 is 1.90 bits per heavy atom. The third-order valence-electron chi connectivity index (χ3n) is 2.88. The predicted molar refractivity (Wildman–Crippen MR) is 86.3 cm³/mol. The van der Waals surface area contributed by atoms with Crippen LogP contribution in [0, 0.1) is 0 Å². The van der Waals surface area contributed by atoms with E-state index in [9.17, 15) is 4.79 Å². The summed E-state index contributed by atoms with van der Waals surface area (Å²) in [6, 6.07) is 0. The van der Waals surface area contributed by atoms with Crippen LogP contribution in [0.4, 0.5) is 11.5 Å². The summed E-state index contributed by atoms with van der Waals surface area (Å²) in [4.78, 5) is 16.2. The fourth-order valence-corrected chi connectivity index (χ4v) is 1.85. The lowest BCUT2D eigenvalue weighted by Gasteiger charge is -2.07. The summed E-state index contributed by atoms with van der Waals surface area (Å²) in [5, 5.41) is 7.95. The second-order valence-corrected chi connectivity index (χ2v) is 4.14. The lowest BCUT2D eigenvalue weighted by atomic mass is 10.4. The number of hydrogen-bond donors (Lipinski definition) is 1. The van der Waals surface area contributed by atoms with Crippen molar-refractivity contribution in [1.29, 1.82) is 0 Å². The number of aromatic nitrogens is 2. The fraction of sp³-hybridized carbons (Fsp3) is 0.429. The molecule has 0 saturated carbocycles. The molecule has 0 aliphatic heterocycles. The molecule has 114 valence electrons. The molecule has 2 N–H and O–H groups in total. The summed E-state index contributed by atoms with van der Waals surface area (Å²) in [6.45, 7) is 6.84. The lowest BCUT2D eigenvalue weighted by molar-refractivity contribution is 0.483. The Balaban J connectivity index is 3.16. The molecule has 0 aliphatic carbocycles. The molecule has 7 heteroatoms. The van der Waals surface area contributed by atoms with Gasteiger partial charge >= 0.3 is 0 Å². The van der Waals surface area contributed by atoms with E-state index in [1.54, 1.807) is 28.6 Å². The molecule has 1 heterocycles. The zero-order valence-corrected chi connectivity index (χ0v) is 12.9. The molecule has 0 saturated heterocycles. The van der Waals surface area contributed by atoms with Gasteiger partial charge in [0, 0.05) is 20.1 Å². The molecule has 0 atom stereocenters. The Labute approximate surface area is 124 Å². The molecule has 7 nitrogen and oxygen atoms in total. The van der Waals surface area contributed by atoms with Crippen molar-refractivity contribution < 1.29 is 0 Å². The van der Waals surface area contributed by atoms with Crippen molar-refractivity contribution >= 4 is 17.3 Å². The van der Waals surface area contributed by atoms with Crippen LogP contribution in [-0.4, -0.2) is 22.2 Å². The zero-order chi connectivity index (χ0) is 15.8. The standard InChI is InChI=1S/C14H22N6O/c1-5-8-9-10-11(16-4)17-18-12-13(15)19(6-2)20(7-3)14(12)21/h5,8-10H,6-7,15H2,1-4H3/b8-5-,10-9-,16-11?,18-17?. The highest BCUT2D eigenvalue weighted by atomic mass is 16.1. The molecule has 0 spiro atoms. The number of nitrogen functional groups attached to an aromatic ring is 1. The van der Waals surface area contributed by atoms with Gasteiger partial charge in [0.15, 0.2) is 17.3 Å². The van der Waals surface area contributed by atoms with Gasteiger partial charge < -0.3 is 5.73 Å². The van der Waals surface area contributed by atoms with Gasteiger partial charge in [0.25, 0.3) is 5.56 Å². The molecule has 0 aliphatic rings. The zero-order valence-electron chi connectivity index (χ0n) is 12.9. The Morgan fingerprint density at radius 3 is 2.38 bits per heavy atom. The van der Waals surface area contributed by atoms with Gasteiger partial charge in [-0.05, 0) is 26.8 Å². The van der Waals surface area contributed by atoms with E-state index in [-0.39, 0.29) is 11.2 Å². The van der Waals surface area contributed by atoms with Crippen LogP contribution < -0.4 is 11.3 Å². The third-order valence-corrected chi connectivity index (χ3v) is 2.88. The van der Waals surface area contributed by atoms with Gasteiger partial charge in [0.2, 0.25) is 0 Å². The van der Waals surface area contributed by atoms with E-state index in [4.69, 9.17) is 5.73 Å². The van der Waals surface area contributed by atoms with Crippen LogP contribution in [-0.2, 0) is 13.1 Å². The number of allylic oxidation sites excluding steroid dienone is 3. The Bertz CT molecular complexity index is 645. The first-order valence-electron chi connectivity index (χ1n) is 6.87. The molecule has 0 radical (unpaired) electrons. The molecule has 0 aromatic carbocycles. The van der Waals surface area contributed by atoms with Crippen LogP contribution in [0.15, 0.2) is 44.3 Å².